The fourth-order valence-corrected chi connectivity index (χ4v) is 11.1. The summed E-state index contributed by atoms with van der Waals surface area (Å²) in [7, 11) is 0. The summed E-state index contributed by atoms with van der Waals surface area (Å²) in [5.74, 6) is 0.613. The molecule has 1 aromatic carbocycles. The average molecular weight is 574 g/mol. The van der Waals surface area contributed by atoms with Gasteiger partial charge in [0.1, 0.15) is 6.61 Å². The van der Waals surface area contributed by atoms with E-state index in [1.807, 2.05) is 6.08 Å². The van der Waals surface area contributed by atoms with Crippen molar-refractivity contribution in [2.45, 2.75) is 82.9 Å². The number of rotatable bonds is 5. The van der Waals surface area contributed by atoms with Gasteiger partial charge in [-0.05, 0) is 85.8 Å². The lowest BCUT2D eigenvalue weighted by atomic mass is 9.46. The molecule has 0 amide bonds. The van der Waals surface area contributed by atoms with E-state index in [9.17, 15) is 19.8 Å². The van der Waals surface area contributed by atoms with E-state index in [0.717, 1.165) is 36.3 Å². The summed E-state index contributed by atoms with van der Waals surface area (Å²) < 4.78 is 13.3. The zero-order chi connectivity index (χ0) is 29.1. The number of carbonyl (C=O) groups is 2. The SMILES string of the molecule is C[C@]12C=CC(=O)C=C1CC[C@@H]1[C@@H]2[C@@H](O)C[C@@]2(C)[C@H]1C[C@H]1O[C@@H](c3ccc(CC4CC5(CNC5)C4)cc3)O[C@]12C(=O)CO. The number of allylic oxidation sites excluding steroid dienone is 4. The van der Waals surface area contributed by atoms with Gasteiger partial charge in [-0.15, -0.1) is 0 Å². The first-order valence-electron chi connectivity index (χ1n) is 16.0. The standard InChI is InChI=1S/C35H43NO6/c1-32-10-9-24(38)12-23(32)7-8-25-26-13-29-35(28(40)17-37,33(26,2)16-27(39)30(25)32)42-31(41-29)22-5-3-20(4-6-22)11-21-14-34(15-21)18-36-19-34/h3-6,9-10,12,21,25-27,29-31,36-37,39H,7-8,11,13-19H2,1-2H3/t25-,26-,27-,29+,30+,31+,32-,33-,35+/m0/s1. The lowest BCUT2D eigenvalue weighted by Gasteiger charge is -2.59. The second kappa shape index (κ2) is 9.18. The first kappa shape index (κ1) is 27.4. The topological polar surface area (TPSA) is 105 Å². The maximum absolute atomic E-state index is 13.7. The van der Waals surface area contributed by atoms with Crippen LogP contribution in [0.4, 0.5) is 0 Å². The van der Waals surface area contributed by atoms with Crippen molar-refractivity contribution in [2.75, 3.05) is 19.7 Å². The monoisotopic (exact) mass is 573 g/mol. The number of Topliss-reactive ketones (excluding diaryl/α,β-unsaturated/α-hetero) is 1. The van der Waals surface area contributed by atoms with Crippen LogP contribution in [0.15, 0.2) is 48.1 Å². The van der Waals surface area contributed by atoms with E-state index in [0.29, 0.717) is 18.3 Å². The highest BCUT2D eigenvalue weighted by Gasteiger charge is 2.75. The fraction of sp³-hybridized carbons (Fsp3) is 0.657. The van der Waals surface area contributed by atoms with Crippen LogP contribution < -0.4 is 5.32 Å². The molecule has 3 N–H and O–H groups in total. The Labute approximate surface area is 247 Å². The predicted octanol–water partition coefficient (Wildman–Crippen LogP) is 3.83. The highest BCUT2D eigenvalue weighted by atomic mass is 16.7. The van der Waals surface area contributed by atoms with Crippen molar-refractivity contribution in [1.29, 1.82) is 0 Å². The van der Waals surface area contributed by atoms with Crippen LogP contribution in [0.1, 0.15) is 69.8 Å². The molecule has 2 saturated heterocycles. The van der Waals surface area contributed by atoms with E-state index < -0.39 is 36.1 Å². The Balaban J connectivity index is 1.05. The molecule has 6 fully saturated rings. The second-order valence-corrected chi connectivity index (χ2v) is 15.2. The van der Waals surface area contributed by atoms with Gasteiger partial charge in [0.2, 0.25) is 0 Å². The lowest BCUT2D eigenvalue weighted by molar-refractivity contribution is -0.201. The Hall–Kier alpha value is -2.16. The van der Waals surface area contributed by atoms with Crippen LogP contribution in [0.25, 0.3) is 0 Å². The molecule has 224 valence electrons. The molecular weight excluding hydrogens is 530 g/mol. The van der Waals surface area contributed by atoms with Crippen molar-refractivity contribution in [3.8, 4) is 0 Å². The molecule has 5 aliphatic carbocycles. The van der Waals surface area contributed by atoms with E-state index in [2.05, 4.69) is 43.4 Å². The molecule has 7 aliphatic rings. The molecule has 1 spiro atoms. The molecule has 7 heteroatoms. The van der Waals surface area contributed by atoms with Gasteiger partial charge in [0.25, 0.3) is 0 Å². The van der Waals surface area contributed by atoms with Gasteiger partial charge in [0, 0.05) is 35.4 Å². The van der Waals surface area contributed by atoms with Gasteiger partial charge in [-0.1, -0.05) is 49.8 Å². The molecule has 2 aliphatic heterocycles. The quantitative estimate of drug-likeness (QED) is 0.492. The Morgan fingerprint density at radius 1 is 1.12 bits per heavy atom. The summed E-state index contributed by atoms with van der Waals surface area (Å²) in [6.45, 7) is 5.95. The van der Waals surface area contributed by atoms with Gasteiger partial charge < -0.3 is 25.0 Å². The summed E-state index contributed by atoms with van der Waals surface area (Å²) >= 11 is 0. The van der Waals surface area contributed by atoms with Crippen LogP contribution in [0.2, 0.25) is 0 Å². The maximum Gasteiger partial charge on any atom is 0.193 e. The number of fused-ring (bicyclic) bond motifs is 7. The Bertz CT molecular complexity index is 1370. The summed E-state index contributed by atoms with van der Waals surface area (Å²) in [4.78, 5) is 25.9. The number of aliphatic hydroxyl groups excluding tert-OH is 2. The Morgan fingerprint density at radius 2 is 1.88 bits per heavy atom. The number of benzene rings is 1. The summed E-state index contributed by atoms with van der Waals surface area (Å²) in [6, 6.07) is 8.46. The molecule has 2 heterocycles. The first-order valence-corrected chi connectivity index (χ1v) is 16.0. The number of ether oxygens (including phenoxy) is 2. The van der Waals surface area contributed by atoms with Crippen molar-refractivity contribution in [3.05, 3.63) is 59.2 Å². The van der Waals surface area contributed by atoms with Crippen LogP contribution in [-0.2, 0) is 25.5 Å². The number of carbonyl (C=O) groups excluding carboxylic acids is 2. The van der Waals surface area contributed by atoms with Crippen molar-refractivity contribution in [2.24, 2.45) is 39.9 Å². The zero-order valence-corrected chi connectivity index (χ0v) is 24.7. The van der Waals surface area contributed by atoms with Crippen LogP contribution in [-0.4, -0.2) is 59.3 Å². The van der Waals surface area contributed by atoms with Gasteiger partial charge in [-0.3, -0.25) is 9.59 Å². The summed E-state index contributed by atoms with van der Waals surface area (Å²) in [5, 5.41) is 25.5. The van der Waals surface area contributed by atoms with Gasteiger partial charge in [-0.25, -0.2) is 0 Å². The van der Waals surface area contributed by atoms with Crippen LogP contribution in [0, 0.1) is 39.9 Å². The highest BCUT2D eigenvalue weighted by molar-refractivity contribution is 6.01. The zero-order valence-electron chi connectivity index (χ0n) is 24.7. The smallest absolute Gasteiger partial charge is 0.193 e. The number of hydrogen-bond acceptors (Lipinski definition) is 7. The maximum atomic E-state index is 13.7. The minimum atomic E-state index is -1.31. The van der Waals surface area contributed by atoms with Gasteiger partial charge >= 0.3 is 0 Å². The molecule has 7 nitrogen and oxygen atoms in total. The number of hydrogen-bond donors (Lipinski definition) is 3. The van der Waals surface area contributed by atoms with Crippen molar-refractivity contribution in [1.82, 2.24) is 5.32 Å². The number of nitrogens with one attached hydrogen (secondary N) is 1. The van der Waals surface area contributed by atoms with Crippen LogP contribution >= 0.6 is 0 Å². The lowest BCUT2D eigenvalue weighted by Crippen LogP contribution is -2.63. The molecular formula is C35H43NO6. The molecule has 0 aromatic heterocycles. The molecule has 1 aromatic rings. The van der Waals surface area contributed by atoms with Gasteiger partial charge in [0.05, 0.1) is 12.2 Å². The molecule has 4 saturated carbocycles. The second-order valence-electron chi connectivity index (χ2n) is 15.2. The number of ketones is 2. The normalized spacial score (nSPS) is 44.9. The third-order valence-corrected chi connectivity index (χ3v) is 13.0. The van der Waals surface area contributed by atoms with Gasteiger partial charge in [0.15, 0.2) is 23.5 Å². The third-order valence-electron chi connectivity index (χ3n) is 13.0. The van der Waals surface area contributed by atoms with E-state index in [-0.39, 0.29) is 34.7 Å². The van der Waals surface area contributed by atoms with Crippen molar-refractivity contribution < 1.29 is 29.3 Å². The summed E-state index contributed by atoms with van der Waals surface area (Å²) in [5.41, 5.74) is 1.50. The number of aliphatic hydroxyl groups is 2. The minimum absolute atomic E-state index is 0.0162. The van der Waals surface area contributed by atoms with Crippen LogP contribution in [0.5, 0.6) is 0 Å². The molecule has 8 rings (SSSR count). The molecule has 0 radical (unpaired) electrons. The van der Waals surface area contributed by atoms with Crippen LogP contribution in [0.3, 0.4) is 0 Å². The van der Waals surface area contributed by atoms with E-state index in [1.165, 1.54) is 31.5 Å². The highest BCUT2D eigenvalue weighted by Crippen LogP contribution is 2.70. The van der Waals surface area contributed by atoms with E-state index in [1.54, 1.807) is 12.2 Å². The largest absolute Gasteiger partial charge is 0.393 e. The predicted molar refractivity (Wildman–Crippen MR) is 155 cm³/mol. The Morgan fingerprint density at radius 3 is 2.57 bits per heavy atom. The Kier molecular flexibility index (Phi) is 5.99. The molecule has 9 atom stereocenters. The van der Waals surface area contributed by atoms with E-state index in [4.69, 9.17) is 9.47 Å². The van der Waals surface area contributed by atoms with Crippen molar-refractivity contribution >= 4 is 11.6 Å². The molecule has 0 unspecified atom stereocenters. The van der Waals surface area contributed by atoms with Gasteiger partial charge in [-0.2, -0.15) is 0 Å². The minimum Gasteiger partial charge on any atom is -0.393 e. The first-order chi connectivity index (χ1) is 20.1. The molecule has 0 bridgehead atoms. The fourth-order valence-electron chi connectivity index (χ4n) is 11.1. The summed E-state index contributed by atoms with van der Waals surface area (Å²) in [6.07, 6.45) is 9.94. The average Bonchev–Trinajstić information content (AvgIpc) is 3.42. The van der Waals surface area contributed by atoms with Crippen molar-refractivity contribution in [3.63, 3.8) is 0 Å². The van der Waals surface area contributed by atoms with E-state index >= 15 is 0 Å². The molecule has 42 heavy (non-hydrogen) atoms. The third kappa shape index (κ3) is 3.58.